The van der Waals surface area contributed by atoms with Gasteiger partial charge in [0.05, 0.1) is 17.9 Å². The van der Waals surface area contributed by atoms with Crippen molar-refractivity contribution in [1.29, 1.82) is 0 Å². The highest BCUT2D eigenvalue weighted by atomic mass is 16.4. The van der Waals surface area contributed by atoms with Gasteiger partial charge in [0.15, 0.2) is 0 Å². The van der Waals surface area contributed by atoms with Crippen LogP contribution in [0.2, 0.25) is 0 Å². The Labute approximate surface area is 101 Å². The third kappa shape index (κ3) is 4.70. The van der Waals surface area contributed by atoms with Gasteiger partial charge < -0.3 is 20.4 Å². The quantitative estimate of drug-likeness (QED) is 0.594. The Morgan fingerprint density at radius 3 is 2.65 bits per heavy atom. The average molecular weight is 244 g/mol. The lowest BCUT2D eigenvalue weighted by molar-refractivity contribution is -0.142. The Kier molecular flexibility index (Phi) is 4.47. The monoisotopic (exact) mass is 244 g/mol. The Balaban J connectivity index is 2.34. The number of likely N-dealkylation sites (tertiary alicyclic amines) is 1. The molecule has 0 radical (unpaired) electrons. The van der Waals surface area contributed by atoms with Crippen LogP contribution in [0.1, 0.15) is 19.8 Å². The zero-order valence-corrected chi connectivity index (χ0v) is 10.3. The topological polar surface area (TPSA) is 89.9 Å². The smallest absolute Gasteiger partial charge is 0.306 e. The Hall–Kier alpha value is -1.14. The maximum atomic E-state index is 11.7. The van der Waals surface area contributed by atoms with E-state index in [0.717, 1.165) is 13.0 Å². The van der Waals surface area contributed by atoms with Gasteiger partial charge in [0, 0.05) is 13.1 Å². The highest BCUT2D eigenvalue weighted by molar-refractivity contribution is 5.79. The molecule has 0 aromatic heterocycles. The van der Waals surface area contributed by atoms with E-state index in [2.05, 4.69) is 10.2 Å². The lowest BCUT2D eigenvalue weighted by Crippen LogP contribution is -2.44. The zero-order chi connectivity index (χ0) is 13.1. The van der Waals surface area contributed by atoms with Crippen molar-refractivity contribution in [3.63, 3.8) is 0 Å². The van der Waals surface area contributed by atoms with Crippen LogP contribution in [0.3, 0.4) is 0 Å². The number of carboxylic acids is 1. The van der Waals surface area contributed by atoms with Gasteiger partial charge in [-0.3, -0.25) is 9.59 Å². The molecule has 6 nitrogen and oxygen atoms in total. The van der Waals surface area contributed by atoms with E-state index in [9.17, 15) is 14.7 Å². The second kappa shape index (κ2) is 5.46. The number of carbonyl (C=O) groups is 2. The number of hydrogen-bond acceptors (Lipinski definition) is 4. The molecule has 0 saturated carbocycles. The summed E-state index contributed by atoms with van der Waals surface area (Å²) >= 11 is 0. The molecule has 0 aromatic carbocycles. The van der Waals surface area contributed by atoms with E-state index in [4.69, 9.17) is 5.11 Å². The molecule has 1 aliphatic rings. The van der Waals surface area contributed by atoms with E-state index in [1.807, 2.05) is 7.05 Å². The van der Waals surface area contributed by atoms with Crippen molar-refractivity contribution in [3.8, 4) is 0 Å². The molecule has 0 bridgehead atoms. The SMILES string of the molecule is CN1CCC(C(=O)NCC(C)(O)CC(=O)O)C1. The lowest BCUT2D eigenvalue weighted by atomic mass is 10.0. The fourth-order valence-corrected chi connectivity index (χ4v) is 1.96. The zero-order valence-electron chi connectivity index (χ0n) is 10.3. The third-order valence-electron chi connectivity index (χ3n) is 2.94. The van der Waals surface area contributed by atoms with E-state index < -0.39 is 11.6 Å². The standard InChI is InChI=1S/C11H20N2O4/c1-11(17,5-9(14)15)7-12-10(16)8-3-4-13(2)6-8/h8,17H,3-7H2,1-2H3,(H,12,16)(H,14,15). The van der Waals surface area contributed by atoms with Crippen LogP contribution in [0.4, 0.5) is 0 Å². The summed E-state index contributed by atoms with van der Waals surface area (Å²) in [6.45, 7) is 2.98. The first-order chi connectivity index (χ1) is 7.80. The van der Waals surface area contributed by atoms with Crippen molar-refractivity contribution in [2.24, 2.45) is 5.92 Å². The highest BCUT2D eigenvalue weighted by Gasteiger charge is 2.29. The van der Waals surface area contributed by atoms with Gasteiger partial charge in [-0.1, -0.05) is 0 Å². The maximum Gasteiger partial charge on any atom is 0.306 e. The molecule has 3 N–H and O–H groups in total. The molecule has 1 heterocycles. The van der Waals surface area contributed by atoms with Crippen LogP contribution in [-0.2, 0) is 9.59 Å². The molecule has 17 heavy (non-hydrogen) atoms. The predicted molar refractivity (Wildman–Crippen MR) is 61.5 cm³/mol. The fourth-order valence-electron chi connectivity index (χ4n) is 1.96. The summed E-state index contributed by atoms with van der Waals surface area (Å²) in [6, 6.07) is 0. The molecule has 1 aliphatic heterocycles. The number of amides is 1. The number of aliphatic carboxylic acids is 1. The van der Waals surface area contributed by atoms with Gasteiger partial charge in [-0.25, -0.2) is 0 Å². The highest BCUT2D eigenvalue weighted by Crippen LogP contribution is 2.15. The van der Waals surface area contributed by atoms with Gasteiger partial charge in [0.2, 0.25) is 5.91 Å². The molecule has 2 unspecified atom stereocenters. The lowest BCUT2D eigenvalue weighted by Gasteiger charge is -2.22. The minimum Gasteiger partial charge on any atom is -0.481 e. The predicted octanol–water partition coefficient (Wildman–Crippen LogP) is -0.720. The molecular formula is C11H20N2O4. The first-order valence-corrected chi connectivity index (χ1v) is 5.70. The molecule has 2 atom stereocenters. The molecule has 0 aromatic rings. The number of nitrogens with one attached hydrogen (secondary N) is 1. The number of rotatable bonds is 5. The van der Waals surface area contributed by atoms with E-state index in [1.54, 1.807) is 0 Å². The van der Waals surface area contributed by atoms with Crippen LogP contribution in [0.15, 0.2) is 0 Å². The van der Waals surface area contributed by atoms with Gasteiger partial charge in [0.25, 0.3) is 0 Å². The van der Waals surface area contributed by atoms with Crippen LogP contribution in [0.5, 0.6) is 0 Å². The van der Waals surface area contributed by atoms with Gasteiger partial charge in [0.1, 0.15) is 0 Å². The van der Waals surface area contributed by atoms with Crippen molar-refractivity contribution in [2.75, 3.05) is 26.7 Å². The summed E-state index contributed by atoms with van der Waals surface area (Å²) < 4.78 is 0. The number of carboxylic acid groups (broad SMARTS) is 1. The Bertz CT molecular complexity index is 304. The van der Waals surface area contributed by atoms with Gasteiger partial charge >= 0.3 is 5.97 Å². The van der Waals surface area contributed by atoms with E-state index in [1.165, 1.54) is 6.92 Å². The molecule has 98 valence electrons. The molecule has 1 saturated heterocycles. The van der Waals surface area contributed by atoms with Crippen LogP contribution in [0.25, 0.3) is 0 Å². The van der Waals surface area contributed by atoms with Crippen LogP contribution < -0.4 is 5.32 Å². The van der Waals surface area contributed by atoms with Crippen molar-refractivity contribution in [2.45, 2.75) is 25.4 Å². The Morgan fingerprint density at radius 1 is 1.53 bits per heavy atom. The number of nitrogens with zero attached hydrogens (tertiary/aromatic N) is 1. The summed E-state index contributed by atoms with van der Waals surface area (Å²) in [7, 11) is 1.95. The molecule has 0 aliphatic carbocycles. The summed E-state index contributed by atoms with van der Waals surface area (Å²) in [5.74, 6) is -1.24. The summed E-state index contributed by atoms with van der Waals surface area (Å²) in [4.78, 5) is 24.3. The molecular weight excluding hydrogens is 224 g/mol. The van der Waals surface area contributed by atoms with Gasteiger partial charge in [-0.15, -0.1) is 0 Å². The minimum atomic E-state index is -1.40. The van der Waals surface area contributed by atoms with E-state index in [-0.39, 0.29) is 24.8 Å². The maximum absolute atomic E-state index is 11.7. The molecule has 1 rings (SSSR count). The first kappa shape index (κ1) is 13.9. The number of aliphatic hydroxyl groups is 1. The normalized spacial score (nSPS) is 24.3. The first-order valence-electron chi connectivity index (χ1n) is 5.70. The van der Waals surface area contributed by atoms with Crippen LogP contribution in [0, 0.1) is 5.92 Å². The van der Waals surface area contributed by atoms with E-state index >= 15 is 0 Å². The second-order valence-corrected chi connectivity index (χ2v) is 5.03. The van der Waals surface area contributed by atoms with E-state index in [0.29, 0.717) is 6.54 Å². The number of carbonyl (C=O) groups excluding carboxylic acids is 1. The molecule has 1 amide bonds. The summed E-state index contributed by atoms with van der Waals surface area (Å²) in [5, 5.41) is 20.9. The third-order valence-corrected chi connectivity index (χ3v) is 2.94. The second-order valence-electron chi connectivity index (χ2n) is 5.03. The summed E-state index contributed by atoms with van der Waals surface area (Å²) in [6.07, 6.45) is 0.432. The van der Waals surface area contributed by atoms with Gasteiger partial charge in [-0.05, 0) is 26.9 Å². The van der Waals surface area contributed by atoms with Crippen molar-refractivity contribution >= 4 is 11.9 Å². The number of hydrogen-bond donors (Lipinski definition) is 3. The van der Waals surface area contributed by atoms with Crippen molar-refractivity contribution < 1.29 is 19.8 Å². The fraction of sp³-hybridized carbons (Fsp3) is 0.818. The molecule has 6 heteroatoms. The Morgan fingerprint density at radius 2 is 2.18 bits per heavy atom. The average Bonchev–Trinajstić information content (AvgIpc) is 2.59. The summed E-state index contributed by atoms with van der Waals surface area (Å²) in [5.41, 5.74) is -1.40. The van der Waals surface area contributed by atoms with Crippen LogP contribution in [-0.4, -0.2) is 59.3 Å². The largest absolute Gasteiger partial charge is 0.481 e. The molecule has 1 fully saturated rings. The minimum absolute atomic E-state index is 0.0294. The van der Waals surface area contributed by atoms with Gasteiger partial charge in [-0.2, -0.15) is 0 Å². The van der Waals surface area contributed by atoms with Crippen molar-refractivity contribution in [3.05, 3.63) is 0 Å². The molecule has 0 spiro atoms. The van der Waals surface area contributed by atoms with Crippen molar-refractivity contribution in [1.82, 2.24) is 10.2 Å². The van der Waals surface area contributed by atoms with Crippen LogP contribution >= 0.6 is 0 Å².